The minimum atomic E-state index is 1.25. The minimum absolute atomic E-state index is 1.25. The van der Waals surface area contributed by atoms with Crippen molar-refractivity contribution in [3.8, 4) is 27.9 Å². The number of nitrogens with zero attached hydrogens (tertiary/aromatic N) is 1. The van der Waals surface area contributed by atoms with E-state index in [4.69, 9.17) is 0 Å². The van der Waals surface area contributed by atoms with Gasteiger partial charge in [-0.1, -0.05) is 97.1 Å². The van der Waals surface area contributed by atoms with Crippen LogP contribution in [0.5, 0.6) is 0 Å². The SMILES string of the molecule is c1ccc(-c2ccc3c(c2)sc2cc(-c4ccccc4)cc4c2-n3c2cccc3cccc4c32)cc1. The number of rotatable bonds is 2. The standard InChI is InChI=1S/C34H21NS/c1-3-9-22(10-4-1)25-17-18-29-31(20-25)36-32-21-26(23-11-5-2-6-12-23)19-28-27-15-7-13-24-14-8-16-30(33(24)27)35(29)34(28)32/h1-21H. The van der Waals surface area contributed by atoms with E-state index in [1.165, 1.54) is 69.9 Å². The van der Waals surface area contributed by atoms with Gasteiger partial charge in [0.1, 0.15) is 0 Å². The molecule has 0 saturated heterocycles. The fourth-order valence-electron chi connectivity index (χ4n) is 5.73. The van der Waals surface area contributed by atoms with Crippen LogP contribution in [-0.2, 0) is 0 Å². The van der Waals surface area contributed by atoms with E-state index in [-0.39, 0.29) is 0 Å². The molecule has 8 rings (SSSR count). The monoisotopic (exact) mass is 475 g/mol. The lowest BCUT2D eigenvalue weighted by Crippen LogP contribution is -2.04. The maximum Gasteiger partial charge on any atom is 0.0713 e. The second-order valence-electron chi connectivity index (χ2n) is 9.40. The van der Waals surface area contributed by atoms with Gasteiger partial charge in [-0.25, -0.2) is 0 Å². The van der Waals surface area contributed by atoms with Crippen LogP contribution >= 0.6 is 11.3 Å². The van der Waals surface area contributed by atoms with Crippen LogP contribution in [0.25, 0.3) is 69.9 Å². The van der Waals surface area contributed by atoms with Crippen LogP contribution in [0.15, 0.2) is 127 Å². The third kappa shape index (κ3) is 2.82. The second kappa shape index (κ2) is 7.55. The molecule has 0 amide bonds. The molecule has 1 nitrogen and oxygen atoms in total. The normalized spacial score (nSPS) is 11.9. The van der Waals surface area contributed by atoms with Crippen molar-refractivity contribution in [2.75, 3.05) is 0 Å². The van der Waals surface area contributed by atoms with Gasteiger partial charge in [-0.3, -0.25) is 0 Å². The molecule has 0 saturated carbocycles. The fourth-order valence-corrected chi connectivity index (χ4v) is 6.90. The first kappa shape index (κ1) is 19.9. The van der Waals surface area contributed by atoms with Gasteiger partial charge in [-0.2, -0.15) is 0 Å². The molecule has 2 heterocycles. The van der Waals surface area contributed by atoms with Crippen LogP contribution in [0.4, 0.5) is 0 Å². The van der Waals surface area contributed by atoms with Gasteiger partial charge in [0.15, 0.2) is 0 Å². The zero-order chi connectivity index (χ0) is 23.6. The van der Waals surface area contributed by atoms with Crippen LogP contribution in [0.3, 0.4) is 0 Å². The van der Waals surface area contributed by atoms with Crippen molar-refractivity contribution in [3.05, 3.63) is 127 Å². The quantitative estimate of drug-likeness (QED) is 0.173. The summed E-state index contributed by atoms with van der Waals surface area (Å²) in [6.07, 6.45) is 0. The summed E-state index contributed by atoms with van der Waals surface area (Å²) in [5.41, 5.74) is 8.82. The number of fused-ring (bicyclic) bond motifs is 4. The van der Waals surface area contributed by atoms with E-state index in [2.05, 4.69) is 132 Å². The van der Waals surface area contributed by atoms with Gasteiger partial charge in [0.2, 0.25) is 0 Å². The molecule has 36 heavy (non-hydrogen) atoms. The van der Waals surface area contributed by atoms with Crippen molar-refractivity contribution in [2.24, 2.45) is 0 Å². The largest absolute Gasteiger partial charge is 0.306 e. The Morgan fingerprint density at radius 1 is 0.444 bits per heavy atom. The lowest BCUT2D eigenvalue weighted by Gasteiger charge is -2.24. The predicted octanol–water partition coefficient (Wildman–Crippen LogP) is 9.92. The topological polar surface area (TPSA) is 4.93 Å². The summed E-state index contributed by atoms with van der Waals surface area (Å²) in [5, 5.41) is 5.23. The minimum Gasteiger partial charge on any atom is -0.306 e. The van der Waals surface area contributed by atoms with Crippen molar-refractivity contribution >= 4 is 53.3 Å². The van der Waals surface area contributed by atoms with Crippen LogP contribution in [0.2, 0.25) is 0 Å². The molecular formula is C34H21NS. The first-order chi connectivity index (χ1) is 17.8. The summed E-state index contributed by atoms with van der Waals surface area (Å²) in [5.74, 6) is 0. The summed E-state index contributed by atoms with van der Waals surface area (Å²) in [6.45, 7) is 0. The van der Waals surface area contributed by atoms with E-state index >= 15 is 0 Å². The Labute approximate surface area is 212 Å². The summed E-state index contributed by atoms with van der Waals surface area (Å²) in [6, 6.07) is 46.5. The van der Waals surface area contributed by atoms with Gasteiger partial charge in [0.05, 0.1) is 26.1 Å². The van der Waals surface area contributed by atoms with E-state index in [0.29, 0.717) is 0 Å². The predicted molar refractivity (Wildman–Crippen MR) is 156 cm³/mol. The van der Waals surface area contributed by atoms with Gasteiger partial charge in [0.25, 0.3) is 0 Å². The van der Waals surface area contributed by atoms with Gasteiger partial charge in [0, 0.05) is 10.8 Å². The maximum atomic E-state index is 2.50. The molecule has 0 fully saturated rings. The molecule has 0 spiro atoms. The highest BCUT2D eigenvalue weighted by atomic mass is 32.1. The Bertz CT molecular complexity index is 2020. The van der Waals surface area contributed by atoms with Crippen molar-refractivity contribution in [1.82, 2.24) is 4.57 Å². The average Bonchev–Trinajstić information content (AvgIpc) is 2.95. The van der Waals surface area contributed by atoms with E-state index in [1.807, 2.05) is 11.3 Å². The van der Waals surface area contributed by atoms with Crippen LogP contribution in [-0.4, -0.2) is 4.57 Å². The van der Waals surface area contributed by atoms with Crippen LogP contribution in [0.1, 0.15) is 0 Å². The molecule has 2 heteroatoms. The number of hydrogen-bond acceptors (Lipinski definition) is 1. The molecular weight excluding hydrogens is 454 g/mol. The van der Waals surface area contributed by atoms with Gasteiger partial charge in [-0.15, -0.1) is 11.3 Å². The zero-order valence-corrected chi connectivity index (χ0v) is 20.3. The number of hydrogen-bond donors (Lipinski definition) is 0. The van der Waals surface area contributed by atoms with Crippen molar-refractivity contribution in [3.63, 3.8) is 0 Å². The molecule has 0 bridgehead atoms. The molecule has 0 atom stereocenters. The Balaban J connectivity index is 1.59. The lowest BCUT2D eigenvalue weighted by atomic mass is 9.95. The second-order valence-corrected chi connectivity index (χ2v) is 10.5. The van der Waals surface area contributed by atoms with E-state index in [0.717, 1.165) is 0 Å². The molecule has 168 valence electrons. The Morgan fingerprint density at radius 3 is 1.92 bits per heavy atom. The highest BCUT2D eigenvalue weighted by molar-refractivity contribution is 7.24. The first-order valence-corrected chi connectivity index (χ1v) is 13.1. The smallest absolute Gasteiger partial charge is 0.0713 e. The van der Waals surface area contributed by atoms with Crippen LogP contribution in [0, 0.1) is 0 Å². The molecule has 6 aromatic rings. The summed E-state index contributed by atoms with van der Waals surface area (Å²) in [7, 11) is 0. The summed E-state index contributed by atoms with van der Waals surface area (Å²) < 4.78 is 5.09. The highest BCUT2D eigenvalue weighted by Crippen LogP contribution is 2.45. The van der Waals surface area contributed by atoms with Crippen molar-refractivity contribution in [2.45, 2.75) is 0 Å². The van der Waals surface area contributed by atoms with Gasteiger partial charge >= 0.3 is 0 Å². The molecule has 0 aliphatic carbocycles. The number of pyridine rings is 1. The van der Waals surface area contributed by atoms with E-state index < -0.39 is 0 Å². The van der Waals surface area contributed by atoms with Crippen molar-refractivity contribution < 1.29 is 0 Å². The molecule has 0 radical (unpaired) electrons. The Morgan fingerprint density at radius 2 is 1.14 bits per heavy atom. The third-order valence-corrected chi connectivity index (χ3v) is 8.43. The van der Waals surface area contributed by atoms with Gasteiger partial charge in [-0.05, 0) is 63.4 Å². The zero-order valence-electron chi connectivity index (χ0n) is 19.5. The van der Waals surface area contributed by atoms with E-state index in [1.54, 1.807) is 0 Å². The summed E-state index contributed by atoms with van der Waals surface area (Å²) in [4.78, 5) is 0. The molecule has 2 aliphatic rings. The number of aromatic nitrogens is 1. The number of benzene rings is 6. The fraction of sp³-hybridized carbons (Fsp3) is 0. The molecule has 0 aromatic heterocycles. The molecule has 2 aliphatic heterocycles. The Hall–Kier alpha value is -4.40. The maximum absolute atomic E-state index is 2.50. The lowest BCUT2D eigenvalue weighted by molar-refractivity contribution is 1.20. The Kier molecular flexibility index (Phi) is 4.16. The third-order valence-electron chi connectivity index (χ3n) is 7.35. The van der Waals surface area contributed by atoms with Gasteiger partial charge < -0.3 is 4.57 Å². The van der Waals surface area contributed by atoms with Crippen molar-refractivity contribution in [1.29, 1.82) is 0 Å². The van der Waals surface area contributed by atoms with Crippen LogP contribution < -0.4 is 0 Å². The molecule has 6 aromatic carbocycles. The first-order valence-electron chi connectivity index (χ1n) is 12.3. The molecule has 0 unspecified atom stereocenters. The molecule has 0 N–H and O–H groups in total. The van der Waals surface area contributed by atoms with E-state index in [9.17, 15) is 0 Å². The average molecular weight is 476 g/mol. The summed E-state index contributed by atoms with van der Waals surface area (Å²) >= 11 is 1.89. The highest BCUT2D eigenvalue weighted by Gasteiger charge is 2.20.